The summed E-state index contributed by atoms with van der Waals surface area (Å²) in [5.41, 5.74) is -0.403. The molecule has 0 heterocycles. The second kappa shape index (κ2) is 7.53. The van der Waals surface area contributed by atoms with Gasteiger partial charge in [-0.25, -0.2) is 0 Å². The molecule has 1 N–H and O–H groups in total. The number of halogens is 4. The number of allylic oxidation sites excluding steroid dienone is 1. The maximum atomic E-state index is 12.3. The van der Waals surface area contributed by atoms with Gasteiger partial charge in [0.15, 0.2) is 5.78 Å². The lowest BCUT2D eigenvalue weighted by molar-refractivity contribution is -0.385. The van der Waals surface area contributed by atoms with Crippen molar-refractivity contribution in [3.05, 3.63) is 71.1 Å². The second-order valence-corrected chi connectivity index (χ2v) is 6.64. The molecule has 5 nitrogen and oxygen atoms in total. The third kappa shape index (κ3) is 3.89. The number of benzene rings is 2. The summed E-state index contributed by atoms with van der Waals surface area (Å²) in [5.74, 6) is -1.12. The van der Waals surface area contributed by atoms with Crippen molar-refractivity contribution >= 4 is 68.3 Å². The fourth-order valence-corrected chi connectivity index (χ4v) is 3.05. The smallest absolute Gasteiger partial charge is 0.312 e. The van der Waals surface area contributed by atoms with Crippen LogP contribution < -0.4 is 0 Å². The molecule has 2 aromatic carbocycles. The molecule has 0 amide bonds. The molecule has 0 fully saturated rings. The third-order valence-electron chi connectivity index (χ3n) is 2.99. The molecule has 0 aliphatic heterocycles. The highest BCUT2D eigenvalue weighted by Crippen LogP contribution is 2.35. The van der Waals surface area contributed by atoms with E-state index in [4.69, 9.17) is 34.8 Å². The highest BCUT2D eigenvalue weighted by atomic mass is 79.9. The lowest BCUT2D eigenvalue weighted by Crippen LogP contribution is -1.98. The molecule has 0 aliphatic carbocycles. The van der Waals surface area contributed by atoms with E-state index in [1.165, 1.54) is 24.3 Å². The van der Waals surface area contributed by atoms with Crippen LogP contribution in [0.2, 0.25) is 15.1 Å². The maximum absolute atomic E-state index is 12.3. The topological polar surface area (TPSA) is 80.4 Å². The summed E-state index contributed by atoms with van der Waals surface area (Å²) in [6.45, 7) is 0. The van der Waals surface area contributed by atoms with Gasteiger partial charge in [0.25, 0.3) is 0 Å². The number of hydrogen-bond acceptors (Lipinski definition) is 4. The molecule has 124 valence electrons. The van der Waals surface area contributed by atoms with Crippen molar-refractivity contribution in [2.75, 3.05) is 0 Å². The number of nitro benzene ring substituents is 1. The molecule has 0 atom stereocenters. The molecule has 24 heavy (non-hydrogen) atoms. The van der Waals surface area contributed by atoms with Gasteiger partial charge in [-0.2, -0.15) is 0 Å². The van der Waals surface area contributed by atoms with Crippen molar-refractivity contribution in [2.24, 2.45) is 0 Å². The zero-order chi connectivity index (χ0) is 18.0. The molecule has 0 aromatic heterocycles. The van der Waals surface area contributed by atoms with E-state index in [2.05, 4.69) is 15.9 Å². The van der Waals surface area contributed by atoms with Crippen molar-refractivity contribution in [1.29, 1.82) is 0 Å². The monoisotopic (exact) mass is 449 g/mol. The van der Waals surface area contributed by atoms with Gasteiger partial charge in [-0.15, -0.1) is 0 Å². The molecule has 0 bridgehead atoms. The van der Waals surface area contributed by atoms with E-state index in [9.17, 15) is 20.0 Å². The van der Waals surface area contributed by atoms with Crippen molar-refractivity contribution in [3.8, 4) is 5.75 Å². The highest BCUT2D eigenvalue weighted by Gasteiger charge is 2.18. The number of aromatic hydroxyl groups is 1. The van der Waals surface area contributed by atoms with Gasteiger partial charge in [0.2, 0.25) is 5.75 Å². The summed E-state index contributed by atoms with van der Waals surface area (Å²) in [5, 5.41) is 21.1. The Morgan fingerprint density at radius 3 is 2.46 bits per heavy atom. The molecular formula is C15H7BrCl3NO4. The largest absolute Gasteiger partial charge is 0.502 e. The predicted octanol–water partition coefficient (Wildman–Crippen LogP) is 5.92. The van der Waals surface area contributed by atoms with Crippen molar-refractivity contribution in [1.82, 2.24) is 0 Å². The number of carbonyl (C=O) groups excluding carboxylic acids is 1. The molecule has 9 heteroatoms. The van der Waals surface area contributed by atoms with Crippen LogP contribution in [0.1, 0.15) is 15.9 Å². The minimum atomic E-state index is -0.732. The lowest BCUT2D eigenvalue weighted by atomic mass is 10.1. The summed E-state index contributed by atoms with van der Waals surface area (Å²) < 4.78 is 0.373. The van der Waals surface area contributed by atoms with Crippen molar-refractivity contribution < 1.29 is 14.8 Å². The van der Waals surface area contributed by atoms with Gasteiger partial charge in [0.05, 0.1) is 25.6 Å². The Morgan fingerprint density at radius 1 is 1.21 bits per heavy atom. The number of ketones is 1. The fourth-order valence-electron chi connectivity index (χ4n) is 1.87. The SMILES string of the molecule is O=C(/C=C/c1cc(Br)cc([N+](=O)[O-])c1O)c1c(Cl)ccc(Cl)c1Cl. The summed E-state index contributed by atoms with van der Waals surface area (Å²) in [6, 6.07) is 5.46. The fraction of sp³-hybridized carbons (Fsp3) is 0. The Hall–Kier alpha value is -1.60. The number of rotatable bonds is 4. The number of hydrogen-bond donors (Lipinski definition) is 1. The van der Waals surface area contributed by atoms with Gasteiger partial charge in [0.1, 0.15) is 0 Å². The average Bonchev–Trinajstić information content (AvgIpc) is 2.51. The molecule has 2 aromatic rings. The van der Waals surface area contributed by atoms with E-state index in [1.807, 2.05) is 0 Å². The standard InChI is InChI=1S/C15H7BrCl3NO4/c16-8-5-7(15(22)11(6-8)20(23)24)1-4-12(21)13-9(17)2-3-10(18)14(13)19/h1-6,22H/b4-1+. The van der Waals surface area contributed by atoms with Gasteiger partial charge in [0, 0.05) is 16.1 Å². The van der Waals surface area contributed by atoms with E-state index in [0.717, 1.165) is 12.1 Å². The number of nitro groups is 1. The first-order valence-electron chi connectivity index (χ1n) is 6.25. The quantitative estimate of drug-likeness (QED) is 0.206. The number of phenols is 1. The third-order valence-corrected chi connectivity index (χ3v) is 4.56. The Kier molecular flexibility index (Phi) is 5.87. The number of phenolic OH excluding ortho intramolecular Hbond substituents is 1. The van der Waals surface area contributed by atoms with Crippen LogP contribution in [0.4, 0.5) is 5.69 Å². The van der Waals surface area contributed by atoms with Crippen LogP contribution in [-0.2, 0) is 0 Å². The summed E-state index contributed by atoms with van der Waals surface area (Å²) in [6.07, 6.45) is 2.32. The van der Waals surface area contributed by atoms with Gasteiger partial charge in [-0.1, -0.05) is 50.7 Å². The van der Waals surface area contributed by atoms with Crippen LogP contribution in [0.3, 0.4) is 0 Å². The van der Waals surface area contributed by atoms with Crippen LogP contribution >= 0.6 is 50.7 Å². The Labute approximate surface area is 159 Å². The second-order valence-electron chi connectivity index (χ2n) is 4.54. The van der Waals surface area contributed by atoms with Crippen LogP contribution in [0.15, 0.2) is 34.8 Å². The van der Waals surface area contributed by atoms with Crippen LogP contribution in [0.25, 0.3) is 6.08 Å². The Balaban J connectivity index is 2.44. The molecule has 0 unspecified atom stereocenters. The van der Waals surface area contributed by atoms with Crippen LogP contribution in [0, 0.1) is 10.1 Å². The van der Waals surface area contributed by atoms with Crippen LogP contribution in [-0.4, -0.2) is 15.8 Å². The minimum absolute atomic E-state index is 0.00302. The van der Waals surface area contributed by atoms with E-state index in [-0.39, 0.29) is 26.2 Å². The summed E-state index contributed by atoms with van der Waals surface area (Å²) in [7, 11) is 0. The molecule has 2 rings (SSSR count). The Bertz CT molecular complexity index is 884. The summed E-state index contributed by atoms with van der Waals surface area (Å²) in [4.78, 5) is 22.4. The molecule has 0 saturated carbocycles. The highest BCUT2D eigenvalue weighted by molar-refractivity contribution is 9.10. The average molecular weight is 451 g/mol. The first kappa shape index (κ1) is 18.7. The van der Waals surface area contributed by atoms with E-state index >= 15 is 0 Å². The van der Waals surface area contributed by atoms with Crippen molar-refractivity contribution in [3.63, 3.8) is 0 Å². The Morgan fingerprint density at radius 2 is 1.83 bits per heavy atom. The molecule has 0 spiro atoms. The van der Waals surface area contributed by atoms with Gasteiger partial charge in [-0.05, 0) is 30.4 Å². The maximum Gasteiger partial charge on any atom is 0.312 e. The van der Waals surface area contributed by atoms with E-state index < -0.39 is 22.1 Å². The normalized spacial score (nSPS) is 11.0. The molecule has 0 radical (unpaired) electrons. The first-order valence-corrected chi connectivity index (χ1v) is 8.18. The number of nitrogens with zero attached hydrogens (tertiary/aromatic N) is 1. The van der Waals surface area contributed by atoms with Crippen LogP contribution in [0.5, 0.6) is 5.75 Å². The van der Waals surface area contributed by atoms with E-state index in [1.54, 1.807) is 0 Å². The minimum Gasteiger partial charge on any atom is -0.502 e. The van der Waals surface area contributed by atoms with Gasteiger partial charge >= 0.3 is 5.69 Å². The zero-order valence-electron chi connectivity index (χ0n) is 11.6. The molecule has 0 aliphatic rings. The van der Waals surface area contributed by atoms with Gasteiger partial charge < -0.3 is 5.11 Å². The van der Waals surface area contributed by atoms with Crippen molar-refractivity contribution in [2.45, 2.75) is 0 Å². The number of carbonyl (C=O) groups is 1. The van der Waals surface area contributed by atoms with Gasteiger partial charge in [-0.3, -0.25) is 14.9 Å². The molecular weight excluding hydrogens is 444 g/mol. The lowest BCUT2D eigenvalue weighted by Gasteiger charge is -2.05. The predicted molar refractivity (Wildman–Crippen MR) is 97.3 cm³/mol. The summed E-state index contributed by atoms with van der Waals surface area (Å²) >= 11 is 20.9. The van der Waals surface area contributed by atoms with E-state index in [0.29, 0.717) is 4.47 Å². The molecule has 0 saturated heterocycles. The zero-order valence-corrected chi connectivity index (χ0v) is 15.4. The first-order chi connectivity index (χ1) is 11.2.